The highest BCUT2D eigenvalue weighted by molar-refractivity contribution is 8.00. The van der Waals surface area contributed by atoms with Gasteiger partial charge < -0.3 is 9.73 Å². The smallest absolute Gasteiger partial charge is 0.117 e. The fraction of sp³-hybridized carbons (Fsp3) is 0.667. The van der Waals surface area contributed by atoms with E-state index >= 15 is 0 Å². The van der Waals surface area contributed by atoms with E-state index in [4.69, 9.17) is 4.42 Å². The van der Waals surface area contributed by atoms with Gasteiger partial charge >= 0.3 is 0 Å². The zero-order valence-corrected chi connectivity index (χ0v) is 10.7. The molecule has 1 heterocycles. The minimum atomic E-state index is 0.382. The summed E-state index contributed by atoms with van der Waals surface area (Å²) in [5.74, 6) is 1.01. The minimum Gasteiger partial charge on any atom is -0.468 e. The van der Waals surface area contributed by atoms with Gasteiger partial charge in [-0.25, -0.2) is 0 Å². The molecule has 0 unspecified atom stereocenters. The Morgan fingerprint density at radius 3 is 2.60 bits per heavy atom. The van der Waals surface area contributed by atoms with Crippen molar-refractivity contribution in [3.8, 4) is 0 Å². The summed E-state index contributed by atoms with van der Waals surface area (Å²) in [6, 6.07) is 3.93. The lowest BCUT2D eigenvalue weighted by atomic mass is 10.0. The highest BCUT2D eigenvalue weighted by atomic mass is 32.2. The summed E-state index contributed by atoms with van der Waals surface area (Å²) < 4.78 is 5.66. The highest BCUT2D eigenvalue weighted by Crippen LogP contribution is 2.29. The molecule has 0 aliphatic rings. The van der Waals surface area contributed by atoms with Crippen LogP contribution in [0.4, 0.5) is 0 Å². The first kappa shape index (κ1) is 12.7. The molecule has 0 aliphatic heterocycles. The van der Waals surface area contributed by atoms with E-state index in [-0.39, 0.29) is 0 Å². The molecule has 1 rings (SSSR count). The van der Waals surface area contributed by atoms with Crippen LogP contribution >= 0.6 is 11.8 Å². The van der Waals surface area contributed by atoms with Gasteiger partial charge in [-0.2, -0.15) is 11.8 Å². The van der Waals surface area contributed by atoms with Crippen LogP contribution in [0.2, 0.25) is 0 Å². The maximum atomic E-state index is 5.28. The fourth-order valence-electron chi connectivity index (χ4n) is 1.69. The molecule has 0 amide bonds. The van der Waals surface area contributed by atoms with Gasteiger partial charge in [0.15, 0.2) is 0 Å². The van der Waals surface area contributed by atoms with E-state index in [0.29, 0.717) is 4.75 Å². The van der Waals surface area contributed by atoms with E-state index in [0.717, 1.165) is 18.8 Å². The molecule has 2 nitrogen and oxygen atoms in total. The van der Waals surface area contributed by atoms with Crippen LogP contribution in [0.3, 0.4) is 0 Å². The summed E-state index contributed by atoms with van der Waals surface area (Å²) in [6.07, 6.45) is 6.33. The van der Waals surface area contributed by atoms with Gasteiger partial charge in [-0.3, -0.25) is 0 Å². The molecule has 0 bridgehead atoms. The van der Waals surface area contributed by atoms with E-state index in [9.17, 15) is 0 Å². The monoisotopic (exact) mass is 227 g/mol. The van der Waals surface area contributed by atoms with Crippen molar-refractivity contribution < 1.29 is 4.42 Å². The predicted octanol–water partition coefficient (Wildman–Crippen LogP) is 3.29. The van der Waals surface area contributed by atoms with E-state index in [1.165, 1.54) is 12.8 Å². The highest BCUT2D eigenvalue weighted by Gasteiger charge is 2.23. The molecule has 0 saturated carbocycles. The molecule has 0 spiro atoms. The summed E-state index contributed by atoms with van der Waals surface area (Å²) in [6.45, 7) is 6.39. The van der Waals surface area contributed by atoms with Gasteiger partial charge in [0, 0.05) is 11.3 Å². The first-order chi connectivity index (χ1) is 7.26. The second-order valence-electron chi connectivity index (χ2n) is 3.78. The molecule has 15 heavy (non-hydrogen) atoms. The van der Waals surface area contributed by atoms with E-state index in [1.54, 1.807) is 6.26 Å². The van der Waals surface area contributed by atoms with Gasteiger partial charge in [-0.1, -0.05) is 13.8 Å². The maximum Gasteiger partial charge on any atom is 0.117 e. The van der Waals surface area contributed by atoms with Gasteiger partial charge in [-0.05, 0) is 31.2 Å². The second kappa shape index (κ2) is 6.23. The minimum absolute atomic E-state index is 0.382. The molecule has 0 saturated heterocycles. The Hall–Kier alpha value is -0.410. The van der Waals surface area contributed by atoms with E-state index in [1.807, 2.05) is 23.9 Å². The Morgan fingerprint density at radius 1 is 1.40 bits per heavy atom. The Morgan fingerprint density at radius 2 is 2.13 bits per heavy atom. The summed E-state index contributed by atoms with van der Waals surface area (Å²) in [4.78, 5) is 0. The largest absolute Gasteiger partial charge is 0.468 e. The summed E-state index contributed by atoms with van der Waals surface area (Å²) >= 11 is 1.96. The van der Waals surface area contributed by atoms with Crippen molar-refractivity contribution in [1.82, 2.24) is 5.32 Å². The maximum absolute atomic E-state index is 5.28. The standard InChI is InChI=1S/C12H21NOS/c1-4-12(5-2,15-3)10-13-9-11-7-6-8-14-11/h6-8,13H,4-5,9-10H2,1-3H3. The lowest BCUT2D eigenvalue weighted by Crippen LogP contribution is -2.36. The Balaban J connectivity index is 2.34. The van der Waals surface area contributed by atoms with Gasteiger partial charge in [0.1, 0.15) is 5.76 Å². The normalized spacial score (nSPS) is 11.9. The first-order valence-corrected chi connectivity index (χ1v) is 6.77. The third kappa shape index (κ3) is 3.58. The Kier molecular flexibility index (Phi) is 5.26. The fourth-order valence-corrected chi connectivity index (χ4v) is 2.51. The van der Waals surface area contributed by atoms with Gasteiger partial charge in [-0.15, -0.1) is 0 Å². The van der Waals surface area contributed by atoms with Crippen LogP contribution in [0, 0.1) is 0 Å². The van der Waals surface area contributed by atoms with E-state index < -0.39 is 0 Å². The van der Waals surface area contributed by atoms with Crippen LogP contribution in [0.15, 0.2) is 22.8 Å². The van der Waals surface area contributed by atoms with Crippen LogP contribution in [0.1, 0.15) is 32.4 Å². The number of furan rings is 1. The molecule has 0 atom stereocenters. The predicted molar refractivity (Wildman–Crippen MR) is 67.2 cm³/mol. The van der Waals surface area contributed by atoms with Gasteiger partial charge in [0.05, 0.1) is 12.8 Å². The SMILES string of the molecule is CCC(CC)(CNCc1ccco1)SC. The van der Waals surface area contributed by atoms with Crippen molar-refractivity contribution in [3.63, 3.8) is 0 Å². The molecular weight excluding hydrogens is 206 g/mol. The van der Waals surface area contributed by atoms with Crippen LogP contribution in [0.5, 0.6) is 0 Å². The Labute approximate surface area is 96.8 Å². The molecule has 86 valence electrons. The quantitative estimate of drug-likeness (QED) is 0.774. The lowest BCUT2D eigenvalue weighted by Gasteiger charge is -2.29. The number of hydrogen-bond donors (Lipinski definition) is 1. The van der Waals surface area contributed by atoms with Crippen molar-refractivity contribution >= 4 is 11.8 Å². The third-order valence-electron chi connectivity index (χ3n) is 3.05. The van der Waals surface area contributed by atoms with Crippen molar-refractivity contribution in [2.75, 3.05) is 12.8 Å². The van der Waals surface area contributed by atoms with Crippen LogP contribution < -0.4 is 5.32 Å². The topological polar surface area (TPSA) is 25.2 Å². The van der Waals surface area contributed by atoms with E-state index in [2.05, 4.69) is 25.4 Å². The number of thioether (sulfide) groups is 1. The first-order valence-electron chi connectivity index (χ1n) is 5.54. The van der Waals surface area contributed by atoms with Crippen LogP contribution in [0.25, 0.3) is 0 Å². The summed E-state index contributed by atoms with van der Waals surface area (Å²) in [5.41, 5.74) is 0. The third-order valence-corrected chi connectivity index (χ3v) is 4.64. The molecule has 1 aromatic rings. The van der Waals surface area contributed by atoms with Crippen molar-refractivity contribution in [2.45, 2.75) is 38.0 Å². The Bertz CT molecular complexity index is 246. The van der Waals surface area contributed by atoms with Crippen molar-refractivity contribution in [1.29, 1.82) is 0 Å². The second-order valence-corrected chi connectivity index (χ2v) is 5.05. The average Bonchev–Trinajstić information content (AvgIpc) is 2.78. The molecular formula is C12H21NOS. The van der Waals surface area contributed by atoms with Crippen LogP contribution in [-0.2, 0) is 6.54 Å². The van der Waals surface area contributed by atoms with Crippen molar-refractivity contribution in [2.24, 2.45) is 0 Å². The molecule has 3 heteroatoms. The molecule has 0 aliphatic carbocycles. The number of hydrogen-bond acceptors (Lipinski definition) is 3. The summed E-state index contributed by atoms with van der Waals surface area (Å²) in [5, 5.41) is 3.47. The number of rotatable bonds is 7. The zero-order valence-electron chi connectivity index (χ0n) is 9.88. The number of nitrogens with one attached hydrogen (secondary N) is 1. The lowest BCUT2D eigenvalue weighted by molar-refractivity contribution is 0.448. The van der Waals surface area contributed by atoms with Crippen LogP contribution in [-0.4, -0.2) is 17.5 Å². The summed E-state index contributed by atoms with van der Waals surface area (Å²) in [7, 11) is 0. The van der Waals surface area contributed by atoms with Crippen molar-refractivity contribution in [3.05, 3.63) is 24.2 Å². The average molecular weight is 227 g/mol. The molecule has 0 radical (unpaired) electrons. The zero-order chi connectivity index (χ0) is 11.1. The molecule has 0 aromatic carbocycles. The molecule has 1 aromatic heterocycles. The molecule has 0 fully saturated rings. The van der Waals surface area contributed by atoms with Gasteiger partial charge in [0.25, 0.3) is 0 Å². The van der Waals surface area contributed by atoms with Gasteiger partial charge in [0.2, 0.25) is 0 Å². The molecule has 1 N–H and O–H groups in total.